The molecule has 0 bridgehead atoms. The second-order valence-electron chi connectivity index (χ2n) is 3.90. The molecule has 0 fully saturated rings. The van der Waals surface area contributed by atoms with Gasteiger partial charge in [-0.1, -0.05) is 17.7 Å². The van der Waals surface area contributed by atoms with Gasteiger partial charge in [-0.05, 0) is 30.7 Å². The first-order valence-electron chi connectivity index (χ1n) is 5.24. The Balaban J connectivity index is 2.49. The molecule has 1 unspecified atom stereocenters. The predicted molar refractivity (Wildman–Crippen MR) is 64.4 cm³/mol. The number of aryl methyl sites for hydroxylation is 1. The minimum Gasteiger partial charge on any atom is -0.382 e. The predicted octanol–water partition coefficient (Wildman–Crippen LogP) is 3.40. The maximum absolute atomic E-state index is 13.8. The van der Waals surface area contributed by atoms with E-state index in [-0.39, 0.29) is 11.3 Å². The third kappa shape index (κ3) is 2.35. The van der Waals surface area contributed by atoms with E-state index in [0.717, 1.165) is 6.07 Å². The van der Waals surface area contributed by atoms with Gasteiger partial charge in [0, 0.05) is 6.20 Å². The van der Waals surface area contributed by atoms with Crippen molar-refractivity contribution in [1.29, 1.82) is 0 Å². The molecule has 0 spiro atoms. The Morgan fingerprint density at radius 2 is 1.94 bits per heavy atom. The first-order chi connectivity index (χ1) is 8.50. The average Bonchev–Trinajstić information content (AvgIpc) is 2.35. The Bertz CT molecular complexity index is 572. The topological polar surface area (TPSA) is 33.1 Å². The normalized spacial score (nSPS) is 12.5. The molecule has 1 aromatic heterocycles. The molecule has 1 heterocycles. The van der Waals surface area contributed by atoms with Crippen molar-refractivity contribution in [1.82, 2.24) is 4.98 Å². The van der Waals surface area contributed by atoms with Crippen molar-refractivity contribution in [3.8, 4) is 0 Å². The molecule has 2 nitrogen and oxygen atoms in total. The summed E-state index contributed by atoms with van der Waals surface area (Å²) in [6.07, 6.45) is -0.145. The van der Waals surface area contributed by atoms with E-state index in [1.807, 2.05) is 0 Å². The van der Waals surface area contributed by atoms with Gasteiger partial charge in [0.05, 0.1) is 16.3 Å². The van der Waals surface area contributed by atoms with Gasteiger partial charge in [-0.15, -0.1) is 0 Å². The number of hydrogen-bond acceptors (Lipinski definition) is 2. The third-order valence-electron chi connectivity index (χ3n) is 2.62. The molecule has 0 saturated heterocycles. The third-order valence-corrected chi connectivity index (χ3v) is 2.85. The molecule has 0 saturated carbocycles. The zero-order valence-electron chi connectivity index (χ0n) is 9.49. The Hall–Kier alpha value is -1.52. The van der Waals surface area contributed by atoms with Gasteiger partial charge < -0.3 is 5.11 Å². The van der Waals surface area contributed by atoms with Crippen LogP contribution in [0.4, 0.5) is 8.78 Å². The van der Waals surface area contributed by atoms with E-state index in [1.165, 1.54) is 31.3 Å². The zero-order valence-corrected chi connectivity index (χ0v) is 10.2. The van der Waals surface area contributed by atoms with Crippen LogP contribution in [0.15, 0.2) is 30.5 Å². The highest BCUT2D eigenvalue weighted by molar-refractivity contribution is 6.30. The molecule has 0 radical (unpaired) electrons. The highest BCUT2D eigenvalue weighted by Gasteiger charge is 2.21. The Labute approximate surface area is 108 Å². The number of pyridine rings is 1. The van der Waals surface area contributed by atoms with Crippen LogP contribution in [-0.2, 0) is 0 Å². The summed E-state index contributed by atoms with van der Waals surface area (Å²) in [7, 11) is 0. The maximum atomic E-state index is 13.8. The van der Waals surface area contributed by atoms with Crippen LogP contribution >= 0.6 is 11.6 Å². The van der Waals surface area contributed by atoms with Gasteiger partial charge in [0.25, 0.3) is 0 Å². The van der Waals surface area contributed by atoms with Crippen LogP contribution in [0.1, 0.15) is 22.9 Å². The minimum absolute atomic E-state index is 0.141. The van der Waals surface area contributed by atoms with Gasteiger partial charge in [0.15, 0.2) is 0 Å². The summed E-state index contributed by atoms with van der Waals surface area (Å²) in [4.78, 5) is 3.85. The van der Waals surface area contributed by atoms with Crippen molar-refractivity contribution in [2.75, 3.05) is 0 Å². The van der Waals surface area contributed by atoms with Crippen molar-refractivity contribution in [2.45, 2.75) is 13.0 Å². The molecule has 0 aliphatic heterocycles. The van der Waals surface area contributed by atoms with Crippen LogP contribution in [-0.4, -0.2) is 10.1 Å². The summed E-state index contributed by atoms with van der Waals surface area (Å²) >= 11 is 5.66. The lowest BCUT2D eigenvalue weighted by Gasteiger charge is -2.13. The molecule has 0 aliphatic rings. The monoisotopic (exact) mass is 269 g/mol. The van der Waals surface area contributed by atoms with Crippen LogP contribution in [0.25, 0.3) is 0 Å². The Kier molecular flexibility index (Phi) is 3.59. The summed E-state index contributed by atoms with van der Waals surface area (Å²) in [5.74, 6) is -1.57. The highest BCUT2D eigenvalue weighted by atomic mass is 35.5. The lowest BCUT2D eigenvalue weighted by Crippen LogP contribution is -2.08. The lowest BCUT2D eigenvalue weighted by molar-refractivity contribution is 0.204. The zero-order chi connectivity index (χ0) is 13.3. The van der Waals surface area contributed by atoms with E-state index in [1.54, 1.807) is 0 Å². The fourth-order valence-electron chi connectivity index (χ4n) is 1.63. The number of benzene rings is 1. The summed E-state index contributed by atoms with van der Waals surface area (Å²) in [5, 5.41) is 10.4. The van der Waals surface area contributed by atoms with Gasteiger partial charge in [-0.25, -0.2) is 8.78 Å². The second kappa shape index (κ2) is 5.00. The first kappa shape index (κ1) is 12.9. The van der Waals surface area contributed by atoms with E-state index in [9.17, 15) is 13.9 Å². The van der Waals surface area contributed by atoms with Gasteiger partial charge >= 0.3 is 0 Å². The minimum atomic E-state index is -1.46. The van der Waals surface area contributed by atoms with E-state index < -0.39 is 23.3 Å². The number of aromatic nitrogens is 1. The summed E-state index contributed by atoms with van der Waals surface area (Å²) in [6, 6.07) is 5.36. The van der Waals surface area contributed by atoms with Crippen LogP contribution in [0.5, 0.6) is 0 Å². The molecular formula is C13H10ClF2NO. The molecule has 1 atom stereocenters. The van der Waals surface area contributed by atoms with Crippen LogP contribution < -0.4 is 0 Å². The Morgan fingerprint density at radius 1 is 1.22 bits per heavy atom. The molecule has 1 aromatic carbocycles. The standard InChI is InChI=1S/C13H10ClF2NO/c1-7-2-4-9(15)11(12(7)16)13(18)10-5-3-8(14)6-17-10/h2-6,13,18H,1H3. The lowest BCUT2D eigenvalue weighted by atomic mass is 10.0. The van der Waals surface area contributed by atoms with Crippen LogP contribution in [0.3, 0.4) is 0 Å². The number of halogens is 3. The Morgan fingerprint density at radius 3 is 2.56 bits per heavy atom. The van der Waals surface area contributed by atoms with Crippen LogP contribution in [0, 0.1) is 18.6 Å². The molecule has 1 N–H and O–H groups in total. The number of nitrogens with zero attached hydrogens (tertiary/aromatic N) is 1. The summed E-state index contributed by atoms with van der Waals surface area (Å²) in [5.41, 5.74) is 0.00651. The summed E-state index contributed by atoms with van der Waals surface area (Å²) < 4.78 is 27.4. The van der Waals surface area contributed by atoms with Crippen molar-refractivity contribution in [3.63, 3.8) is 0 Å². The smallest absolute Gasteiger partial charge is 0.135 e. The average molecular weight is 270 g/mol. The largest absolute Gasteiger partial charge is 0.382 e. The van der Waals surface area contributed by atoms with Crippen molar-refractivity contribution < 1.29 is 13.9 Å². The van der Waals surface area contributed by atoms with Crippen molar-refractivity contribution in [2.24, 2.45) is 0 Å². The van der Waals surface area contributed by atoms with E-state index in [2.05, 4.69) is 4.98 Å². The SMILES string of the molecule is Cc1ccc(F)c(C(O)c2ccc(Cl)cn2)c1F. The maximum Gasteiger partial charge on any atom is 0.135 e. The van der Waals surface area contributed by atoms with E-state index >= 15 is 0 Å². The van der Waals surface area contributed by atoms with E-state index in [4.69, 9.17) is 11.6 Å². The number of aliphatic hydroxyl groups excluding tert-OH is 1. The van der Waals surface area contributed by atoms with Gasteiger partial charge in [0.1, 0.15) is 17.7 Å². The quantitative estimate of drug-likeness (QED) is 0.906. The molecule has 0 amide bonds. The fourth-order valence-corrected chi connectivity index (χ4v) is 1.74. The van der Waals surface area contributed by atoms with Crippen molar-refractivity contribution >= 4 is 11.6 Å². The van der Waals surface area contributed by atoms with Gasteiger partial charge in [0.2, 0.25) is 0 Å². The summed E-state index contributed by atoms with van der Waals surface area (Å²) in [6.45, 7) is 1.50. The van der Waals surface area contributed by atoms with E-state index in [0.29, 0.717) is 5.02 Å². The molecule has 2 rings (SSSR count). The fraction of sp³-hybridized carbons (Fsp3) is 0.154. The van der Waals surface area contributed by atoms with Gasteiger partial charge in [-0.2, -0.15) is 0 Å². The first-order valence-corrected chi connectivity index (χ1v) is 5.62. The second-order valence-corrected chi connectivity index (χ2v) is 4.33. The highest BCUT2D eigenvalue weighted by Crippen LogP contribution is 2.27. The number of hydrogen-bond donors (Lipinski definition) is 1. The van der Waals surface area contributed by atoms with Gasteiger partial charge in [-0.3, -0.25) is 4.98 Å². The molecule has 2 aromatic rings. The molecular weight excluding hydrogens is 260 g/mol. The van der Waals surface area contributed by atoms with Crippen molar-refractivity contribution in [3.05, 3.63) is 63.9 Å². The molecule has 0 aliphatic carbocycles. The number of aliphatic hydroxyl groups is 1. The molecule has 18 heavy (non-hydrogen) atoms. The number of rotatable bonds is 2. The molecule has 5 heteroatoms. The molecule has 94 valence electrons. The van der Waals surface area contributed by atoms with Crippen LogP contribution in [0.2, 0.25) is 5.02 Å².